The first kappa shape index (κ1) is 18.1. The molecule has 0 aliphatic heterocycles. The van der Waals surface area contributed by atoms with Gasteiger partial charge < -0.3 is 4.74 Å². The van der Waals surface area contributed by atoms with Crippen LogP contribution in [0.25, 0.3) is 0 Å². The number of hydrogen-bond acceptors (Lipinski definition) is 3. The smallest absolute Gasteiger partial charge is 0.242 e. The number of sulfonamides is 1. The van der Waals surface area contributed by atoms with Gasteiger partial charge in [0, 0.05) is 12.1 Å². The van der Waals surface area contributed by atoms with Crippen LogP contribution in [-0.2, 0) is 10.0 Å². The van der Waals surface area contributed by atoms with Crippen molar-refractivity contribution in [3.8, 4) is 5.75 Å². The Hall–Kier alpha value is -1.27. The maximum absolute atomic E-state index is 12.6. The number of rotatable bonds is 6. The van der Waals surface area contributed by atoms with E-state index in [1.807, 2.05) is 30.3 Å². The van der Waals surface area contributed by atoms with Crippen LogP contribution in [0, 0.1) is 0 Å². The van der Waals surface area contributed by atoms with Crippen LogP contribution in [0.3, 0.4) is 0 Å². The van der Waals surface area contributed by atoms with Gasteiger partial charge >= 0.3 is 0 Å². The van der Waals surface area contributed by atoms with Gasteiger partial charge in [0.15, 0.2) is 0 Å². The second kappa shape index (κ2) is 7.53. The van der Waals surface area contributed by atoms with E-state index in [1.165, 1.54) is 12.1 Å². The monoisotopic (exact) mass is 373 g/mol. The summed E-state index contributed by atoms with van der Waals surface area (Å²) in [6.45, 7) is 3.97. The van der Waals surface area contributed by atoms with E-state index in [0.29, 0.717) is 12.4 Å². The van der Waals surface area contributed by atoms with Crippen LogP contribution in [-0.4, -0.2) is 15.0 Å². The van der Waals surface area contributed by atoms with E-state index in [0.717, 1.165) is 5.56 Å². The van der Waals surface area contributed by atoms with Crippen molar-refractivity contribution in [2.24, 2.45) is 0 Å². The summed E-state index contributed by atoms with van der Waals surface area (Å²) < 4.78 is 33.0. The summed E-state index contributed by atoms with van der Waals surface area (Å²) >= 11 is 12.2. The minimum atomic E-state index is -3.81. The Morgan fingerprint density at radius 3 is 2.39 bits per heavy atom. The van der Waals surface area contributed by atoms with E-state index >= 15 is 0 Å². The number of hydrogen-bond donors (Lipinski definition) is 1. The zero-order valence-electron chi connectivity index (χ0n) is 12.7. The highest BCUT2D eigenvalue weighted by molar-refractivity contribution is 7.89. The highest BCUT2D eigenvalue weighted by Crippen LogP contribution is 2.34. The van der Waals surface area contributed by atoms with Crippen molar-refractivity contribution in [3.05, 3.63) is 58.1 Å². The second-order valence-electron chi connectivity index (χ2n) is 4.90. The van der Waals surface area contributed by atoms with Gasteiger partial charge in [0.25, 0.3) is 0 Å². The molecule has 23 heavy (non-hydrogen) atoms. The molecule has 2 aromatic rings. The molecule has 2 rings (SSSR count). The first-order chi connectivity index (χ1) is 10.8. The third-order valence-electron chi connectivity index (χ3n) is 3.21. The van der Waals surface area contributed by atoms with Crippen LogP contribution in [0.5, 0.6) is 5.75 Å². The van der Waals surface area contributed by atoms with E-state index in [2.05, 4.69) is 4.72 Å². The molecule has 0 spiro atoms. The molecule has 0 aliphatic rings. The van der Waals surface area contributed by atoms with Crippen LogP contribution < -0.4 is 9.46 Å². The first-order valence-corrected chi connectivity index (χ1v) is 9.28. The highest BCUT2D eigenvalue weighted by Gasteiger charge is 2.23. The molecule has 4 nitrogen and oxygen atoms in total. The Labute approximate surface area is 146 Å². The van der Waals surface area contributed by atoms with E-state index in [1.54, 1.807) is 13.8 Å². The molecule has 0 aromatic heterocycles. The number of ether oxygens (including phenoxy) is 1. The topological polar surface area (TPSA) is 55.4 Å². The van der Waals surface area contributed by atoms with Gasteiger partial charge in [-0.2, -0.15) is 0 Å². The lowest BCUT2D eigenvalue weighted by Crippen LogP contribution is -2.27. The number of halogens is 2. The standard InChI is InChI=1S/C16H17Cl2NO3S/c1-3-22-15-9-14(18)16(10-13(15)17)23(20,21)19-11(2)12-7-5-4-6-8-12/h4-11,19H,3H2,1-2H3/t11-/m0/s1. The summed E-state index contributed by atoms with van der Waals surface area (Å²) in [4.78, 5) is -0.0737. The summed E-state index contributed by atoms with van der Waals surface area (Å²) in [5.41, 5.74) is 0.851. The molecule has 0 saturated heterocycles. The summed E-state index contributed by atoms with van der Waals surface area (Å²) in [7, 11) is -3.81. The molecule has 124 valence electrons. The third kappa shape index (κ3) is 4.38. The molecule has 7 heteroatoms. The van der Waals surface area contributed by atoms with Gasteiger partial charge in [0.2, 0.25) is 10.0 Å². The molecule has 0 fully saturated rings. The fraction of sp³-hybridized carbons (Fsp3) is 0.250. The Morgan fingerprint density at radius 2 is 1.78 bits per heavy atom. The maximum atomic E-state index is 12.6. The fourth-order valence-electron chi connectivity index (χ4n) is 2.09. The van der Waals surface area contributed by atoms with Gasteiger partial charge in [0.05, 0.1) is 16.7 Å². The van der Waals surface area contributed by atoms with Gasteiger partial charge in [-0.3, -0.25) is 0 Å². The summed E-state index contributed by atoms with van der Waals surface area (Å²) in [6.07, 6.45) is 0. The van der Waals surface area contributed by atoms with Gasteiger partial charge in [0.1, 0.15) is 10.6 Å². The zero-order valence-corrected chi connectivity index (χ0v) is 15.0. The molecule has 0 aliphatic carbocycles. The lowest BCUT2D eigenvalue weighted by molar-refractivity contribution is 0.340. The first-order valence-electron chi connectivity index (χ1n) is 7.04. The van der Waals surface area contributed by atoms with Crippen molar-refractivity contribution in [2.45, 2.75) is 24.8 Å². The Morgan fingerprint density at radius 1 is 1.13 bits per heavy atom. The third-order valence-corrected chi connectivity index (χ3v) is 5.51. The Balaban J connectivity index is 2.31. The minimum absolute atomic E-state index is 0.0608. The van der Waals surface area contributed by atoms with E-state index in [-0.39, 0.29) is 14.9 Å². The summed E-state index contributed by atoms with van der Waals surface area (Å²) in [5.74, 6) is 0.356. The minimum Gasteiger partial charge on any atom is -0.492 e. The molecule has 0 amide bonds. The highest BCUT2D eigenvalue weighted by atomic mass is 35.5. The molecule has 1 N–H and O–H groups in total. The average Bonchev–Trinajstić information content (AvgIpc) is 2.51. The van der Waals surface area contributed by atoms with Crippen molar-refractivity contribution >= 4 is 33.2 Å². The van der Waals surface area contributed by atoms with Crippen LogP contribution >= 0.6 is 23.2 Å². The molecule has 0 saturated carbocycles. The van der Waals surface area contributed by atoms with Crippen LogP contribution in [0.4, 0.5) is 0 Å². The lowest BCUT2D eigenvalue weighted by Gasteiger charge is -2.16. The summed E-state index contributed by atoms with van der Waals surface area (Å²) in [5, 5.41) is 0.259. The zero-order chi connectivity index (χ0) is 17.0. The molecular formula is C16H17Cl2NO3S. The van der Waals surface area contributed by atoms with Crippen LogP contribution in [0.15, 0.2) is 47.4 Å². The van der Waals surface area contributed by atoms with Crippen molar-refractivity contribution in [3.63, 3.8) is 0 Å². The SMILES string of the molecule is CCOc1cc(Cl)c(S(=O)(=O)N[C@@H](C)c2ccccc2)cc1Cl. The largest absolute Gasteiger partial charge is 0.492 e. The van der Waals surface area contributed by atoms with Crippen LogP contribution in [0.2, 0.25) is 10.0 Å². The van der Waals surface area contributed by atoms with Crippen molar-refractivity contribution in [1.82, 2.24) is 4.72 Å². The van der Waals surface area contributed by atoms with Crippen molar-refractivity contribution < 1.29 is 13.2 Å². The van der Waals surface area contributed by atoms with Crippen molar-refractivity contribution in [2.75, 3.05) is 6.61 Å². The Bertz CT molecular complexity index is 779. The van der Waals surface area contributed by atoms with Gasteiger partial charge in [-0.1, -0.05) is 53.5 Å². The predicted octanol–water partition coefficient (Wildman–Crippen LogP) is 4.43. The quantitative estimate of drug-likeness (QED) is 0.814. The predicted molar refractivity (Wildman–Crippen MR) is 92.8 cm³/mol. The average molecular weight is 374 g/mol. The van der Waals surface area contributed by atoms with Crippen LogP contribution in [0.1, 0.15) is 25.5 Å². The van der Waals surface area contributed by atoms with Crippen molar-refractivity contribution in [1.29, 1.82) is 0 Å². The molecule has 0 unspecified atom stereocenters. The lowest BCUT2D eigenvalue weighted by atomic mass is 10.1. The number of benzene rings is 2. The molecular weight excluding hydrogens is 357 g/mol. The van der Waals surface area contributed by atoms with Gasteiger partial charge in [-0.25, -0.2) is 13.1 Å². The second-order valence-corrected chi connectivity index (χ2v) is 7.40. The maximum Gasteiger partial charge on any atom is 0.242 e. The van der Waals surface area contributed by atoms with Gasteiger partial charge in [-0.05, 0) is 25.5 Å². The molecule has 0 bridgehead atoms. The van der Waals surface area contributed by atoms with E-state index < -0.39 is 16.1 Å². The normalized spacial score (nSPS) is 12.9. The molecule has 1 atom stereocenters. The van der Waals surface area contributed by atoms with E-state index in [4.69, 9.17) is 27.9 Å². The number of nitrogens with one attached hydrogen (secondary N) is 1. The molecule has 0 radical (unpaired) electrons. The fourth-order valence-corrected chi connectivity index (χ4v) is 4.15. The molecule has 2 aromatic carbocycles. The summed E-state index contributed by atoms with van der Waals surface area (Å²) in [6, 6.07) is 11.6. The van der Waals surface area contributed by atoms with E-state index in [9.17, 15) is 8.42 Å². The Kier molecular flexibility index (Phi) is 5.92. The molecule has 0 heterocycles. The van der Waals surface area contributed by atoms with Gasteiger partial charge in [-0.15, -0.1) is 0 Å².